The van der Waals surface area contributed by atoms with Crippen LogP contribution in [-0.4, -0.2) is 13.7 Å². The molecular weight excluding hydrogens is 249 g/mol. The van der Waals surface area contributed by atoms with Gasteiger partial charge in [-0.05, 0) is 24.1 Å². The van der Waals surface area contributed by atoms with Crippen molar-refractivity contribution in [3.8, 4) is 5.75 Å². The zero-order chi connectivity index (χ0) is 13.0. The van der Waals surface area contributed by atoms with Gasteiger partial charge in [0.25, 0.3) is 0 Å². The van der Waals surface area contributed by atoms with E-state index in [4.69, 9.17) is 4.74 Å². The van der Waals surface area contributed by atoms with Crippen molar-refractivity contribution in [2.45, 2.75) is 13.0 Å². The van der Waals surface area contributed by atoms with Crippen molar-refractivity contribution in [3.63, 3.8) is 0 Å². The van der Waals surface area contributed by atoms with Crippen LogP contribution >= 0.6 is 11.3 Å². The van der Waals surface area contributed by atoms with Crippen LogP contribution < -0.4 is 10.1 Å². The maximum atomic E-state index is 13.9. The summed E-state index contributed by atoms with van der Waals surface area (Å²) < 4.78 is 19.2. The molecule has 0 amide bonds. The summed E-state index contributed by atoms with van der Waals surface area (Å²) in [5.41, 5.74) is 0.653. The standard InChI is InChI=1S/C14H16FNOS/c1-3-16-13(10-6-4-5-7-11(10)15)14-12(17-2)8-9-18-14/h4-9,13,16H,3H2,1-2H3. The number of benzene rings is 1. The van der Waals surface area contributed by atoms with E-state index in [9.17, 15) is 4.39 Å². The van der Waals surface area contributed by atoms with Crippen molar-refractivity contribution in [2.24, 2.45) is 0 Å². The average Bonchev–Trinajstić information content (AvgIpc) is 2.85. The van der Waals surface area contributed by atoms with Crippen LogP contribution in [0, 0.1) is 5.82 Å². The van der Waals surface area contributed by atoms with Gasteiger partial charge in [0.15, 0.2) is 0 Å². The lowest BCUT2D eigenvalue weighted by atomic mass is 10.0. The summed E-state index contributed by atoms with van der Waals surface area (Å²) in [6.45, 7) is 2.77. The van der Waals surface area contributed by atoms with Crippen LogP contribution in [0.1, 0.15) is 23.4 Å². The molecule has 0 bridgehead atoms. The van der Waals surface area contributed by atoms with E-state index in [0.717, 1.165) is 17.2 Å². The summed E-state index contributed by atoms with van der Waals surface area (Å²) in [7, 11) is 1.63. The summed E-state index contributed by atoms with van der Waals surface area (Å²) in [5, 5.41) is 5.26. The normalized spacial score (nSPS) is 12.4. The topological polar surface area (TPSA) is 21.3 Å². The number of rotatable bonds is 5. The molecule has 1 unspecified atom stereocenters. The number of hydrogen-bond donors (Lipinski definition) is 1. The van der Waals surface area contributed by atoms with Crippen LogP contribution in [0.2, 0.25) is 0 Å². The molecule has 96 valence electrons. The number of methoxy groups -OCH3 is 1. The SMILES string of the molecule is CCNC(c1ccccc1F)c1sccc1OC. The Morgan fingerprint density at radius 1 is 1.33 bits per heavy atom. The molecule has 1 N–H and O–H groups in total. The van der Waals surface area contributed by atoms with Gasteiger partial charge >= 0.3 is 0 Å². The van der Waals surface area contributed by atoms with Crippen LogP contribution in [0.3, 0.4) is 0 Å². The first-order valence-corrected chi connectivity index (χ1v) is 6.75. The predicted molar refractivity (Wildman–Crippen MR) is 72.8 cm³/mol. The second kappa shape index (κ2) is 5.98. The molecule has 4 heteroatoms. The zero-order valence-electron chi connectivity index (χ0n) is 10.4. The molecule has 0 spiro atoms. The number of nitrogens with one attached hydrogen (secondary N) is 1. The molecule has 1 aromatic heterocycles. The van der Waals surface area contributed by atoms with Gasteiger partial charge in [-0.1, -0.05) is 25.1 Å². The highest BCUT2D eigenvalue weighted by Crippen LogP contribution is 2.35. The van der Waals surface area contributed by atoms with Gasteiger partial charge in [-0.3, -0.25) is 0 Å². The molecule has 0 fully saturated rings. The predicted octanol–water partition coefficient (Wildman–Crippen LogP) is 3.59. The van der Waals surface area contributed by atoms with E-state index in [-0.39, 0.29) is 11.9 Å². The fraction of sp³-hybridized carbons (Fsp3) is 0.286. The van der Waals surface area contributed by atoms with E-state index in [2.05, 4.69) is 5.32 Å². The minimum absolute atomic E-state index is 0.161. The van der Waals surface area contributed by atoms with Gasteiger partial charge in [0, 0.05) is 5.56 Å². The van der Waals surface area contributed by atoms with Crippen LogP contribution in [-0.2, 0) is 0 Å². The Bertz CT molecular complexity index is 512. The highest BCUT2D eigenvalue weighted by molar-refractivity contribution is 7.10. The molecule has 1 heterocycles. The van der Waals surface area contributed by atoms with Crippen molar-refractivity contribution in [1.82, 2.24) is 5.32 Å². The Labute approximate surface area is 110 Å². The second-order valence-corrected chi connectivity index (χ2v) is 4.81. The summed E-state index contributed by atoms with van der Waals surface area (Å²) in [4.78, 5) is 1.00. The zero-order valence-corrected chi connectivity index (χ0v) is 11.3. The third kappa shape index (κ3) is 2.54. The third-order valence-electron chi connectivity index (χ3n) is 2.76. The molecule has 0 saturated heterocycles. The van der Waals surface area contributed by atoms with Gasteiger partial charge in [-0.15, -0.1) is 11.3 Å². The van der Waals surface area contributed by atoms with Crippen LogP contribution in [0.15, 0.2) is 35.7 Å². The van der Waals surface area contributed by atoms with Gasteiger partial charge in [-0.2, -0.15) is 0 Å². The van der Waals surface area contributed by atoms with Crippen LogP contribution in [0.4, 0.5) is 4.39 Å². The van der Waals surface area contributed by atoms with Gasteiger partial charge in [-0.25, -0.2) is 4.39 Å². The third-order valence-corrected chi connectivity index (χ3v) is 3.73. The lowest BCUT2D eigenvalue weighted by molar-refractivity contribution is 0.407. The molecule has 2 rings (SSSR count). The Hall–Kier alpha value is -1.39. The molecular formula is C14H16FNOS. The van der Waals surface area contributed by atoms with E-state index in [0.29, 0.717) is 5.56 Å². The summed E-state index contributed by atoms with van der Waals surface area (Å²) in [6, 6.07) is 8.59. The lowest BCUT2D eigenvalue weighted by Gasteiger charge is -2.19. The van der Waals surface area contributed by atoms with Crippen molar-refractivity contribution < 1.29 is 9.13 Å². The summed E-state index contributed by atoms with van der Waals surface area (Å²) >= 11 is 1.57. The van der Waals surface area contributed by atoms with Crippen molar-refractivity contribution >= 4 is 11.3 Å². The summed E-state index contributed by atoms with van der Waals surface area (Å²) in [6.07, 6.45) is 0. The number of halogens is 1. The molecule has 0 aliphatic carbocycles. The Kier molecular flexibility index (Phi) is 4.33. The quantitative estimate of drug-likeness (QED) is 0.892. The van der Waals surface area contributed by atoms with Crippen molar-refractivity contribution in [1.29, 1.82) is 0 Å². The largest absolute Gasteiger partial charge is 0.496 e. The van der Waals surface area contributed by atoms with Gasteiger partial charge in [0.1, 0.15) is 11.6 Å². The van der Waals surface area contributed by atoms with Gasteiger partial charge in [0.2, 0.25) is 0 Å². The first kappa shape index (κ1) is 13.1. The lowest BCUT2D eigenvalue weighted by Crippen LogP contribution is -2.22. The maximum Gasteiger partial charge on any atom is 0.134 e. The van der Waals surface area contributed by atoms with Gasteiger partial charge < -0.3 is 10.1 Å². The van der Waals surface area contributed by atoms with Crippen molar-refractivity contribution in [2.75, 3.05) is 13.7 Å². The smallest absolute Gasteiger partial charge is 0.134 e. The van der Waals surface area contributed by atoms with E-state index in [1.165, 1.54) is 6.07 Å². The minimum atomic E-state index is -0.195. The summed E-state index contributed by atoms with van der Waals surface area (Å²) in [5.74, 6) is 0.605. The molecule has 2 aromatic rings. The van der Waals surface area contributed by atoms with E-state index < -0.39 is 0 Å². The Balaban J connectivity index is 2.43. The molecule has 1 atom stereocenters. The number of thiophene rings is 1. The average molecular weight is 265 g/mol. The molecule has 2 nitrogen and oxygen atoms in total. The fourth-order valence-corrected chi connectivity index (χ4v) is 2.90. The molecule has 0 saturated carbocycles. The number of hydrogen-bond acceptors (Lipinski definition) is 3. The highest BCUT2D eigenvalue weighted by atomic mass is 32.1. The Morgan fingerprint density at radius 3 is 2.78 bits per heavy atom. The first-order valence-electron chi connectivity index (χ1n) is 5.87. The van der Waals surface area contributed by atoms with E-state index in [1.54, 1.807) is 24.5 Å². The Morgan fingerprint density at radius 2 is 2.11 bits per heavy atom. The maximum absolute atomic E-state index is 13.9. The number of ether oxygens (including phenoxy) is 1. The molecule has 1 aromatic carbocycles. The second-order valence-electron chi connectivity index (χ2n) is 3.87. The van der Waals surface area contributed by atoms with Crippen LogP contribution in [0.25, 0.3) is 0 Å². The molecule has 0 radical (unpaired) electrons. The minimum Gasteiger partial charge on any atom is -0.496 e. The highest BCUT2D eigenvalue weighted by Gasteiger charge is 2.21. The van der Waals surface area contributed by atoms with E-state index >= 15 is 0 Å². The van der Waals surface area contributed by atoms with Crippen LogP contribution in [0.5, 0.6) is 5.75 Å². The fourth-order valence-electron chi connectivity index (χ4n) is 1.95. The molecule has 18 heavy (non-hydrogen) atoms. The van der Waals surface area contributed by atoms with E-state index in [1.807, 2.05) is 30.5 Å². The molecule has 0 aliphatic heterocycles. The van der Waals surface area contributed by atoms with Crippen molar-refractivity contribution in [3.05, 3.63) is 52.0 Å². The first-order chi connectivity index (χ1) is 8.77. The molecule has 0 aliphatic rings. The van der Waals surface area contributed by atoms with Gasteiger partial charge in [0.05, 0.1) is 18.0 Å². The monoisotopic (exact) mass is 265 g/mol.